The standard InChI is InChI=1S/C11H11FN4/c12-10-2-1-9(7-15-10)8-16-6-5-14-11(16)3-4-13/h1-3,7,14H,5-6,8H2. The van der Waals surface area contributed by atoms with Crippen LogP contribution in [0.25, 0.3) is 0 Å². The van der Waals surface area contributed by atoms with E-state index in [1.54, 1.807) is 6.07 Å². The van der Waals surface area contributed by atoms with Gasteiger partial charge >= 0.3 is 0 Å². The topological polar surface area (TPSA) is 52.0 Å². The number of allylic oxidation sites excluding steroid dienone is 1. The van der Waals surface area contributed by atoms with Crippen molar-refractivity contribution in [1.29, 1.82) is 5.26 Å². The third-order valence-electron chi connectivity index (χ3n) is 2.39. The van der Waals surface area contributed by atoms with E-state index in [2.05, 4.69) is 10.3 Å². The molecule has 1 aliphatic rings. The molecule has 0 aromatic carbocycles. The molecule has 0 amide bonds. The van der Waals surface area contributed by atoms with Crippen LogP contribution in [0.4, 0.5) is 4.39 Å². The fraction of sp³-hybridized carbons (Fsp3) is 0.273. The van der Waals surface area contributed by atoms with Crippen LogP contribution >= 0.6 is 0 Å². The Bertz CT molecular complexity index is 432. The summed E-state index contributed by atoms with van der Waals surface area (Å²) in [4.78, 5) is 5.62. The number of nitriles is 1. The zero-order valence-corrected chi connectivity index (χ0v) is 8.65. The van der Waals surface area contributed by atoms with E-state index in [-0.39, 0.29) is 0 Å². The number of hydrogen-bond acceptors (Lipinski definition) is 4. The zero-order valence-electron chi connectivity index (χ0n) is 8.65. The molecule has 2 heterocycles. The van der Waals surface area contributed by atoms with Crippen molar-refractivity contribution in [3.05, 3.63) is 41.7 Å². The average molecular weight is 218 g/mol. The molecule has 1 aromatic rings. The normalized spacial score (nSPS) is 17.2. The number of hydrogen-bond donors (Lipinski definition) is 1. The van der Waals surface area contributed by atoms with Crippen LogP contribution in [-0.4, -0.2) is 23.0 Å². The van der Waals surface area contributed by atoms with Crippen molar-refractivity contribution in [2.75, 3.05) is 13.1 Å². The van der Waals surface area contributed by atoms with Crippen molar-refractivity contribution in [1.82, 2.24) is 15.2 Å². The smallest absolute Gasteiger partial charge is 0.212 e. The van der Waals surface area contributed by atoms with E-state index in [4.69, 9.17) is 5.26 Å². The summed E-state index contributed by atoms with van der Waals surface area (Å²) in [6.07, 6.45) is 2.99. The van der Waals surface area contributed by atoms with Gasteiger partial charge in [0.1, 0.15) is 5.82 Å². The van der Waals surface area contributed by atoms with E-state index in [0.717, 1.165) is 24.5 Å². The second kappa shape index (κ2) is 4.62. The van der Waals surface area contributed by atoms with Gasteiger partial charge in [-0.05, 0) is 11.6 Å². The van der Waals surface area contributed by atoms with Gasteiger partial charge in [0, 0.05) is 25.8 Å². The summed E-state index contributed by atoms with van der Waals surface area (Å²) >= 11 is 0. The first-order valence-corrected chi connectivity index (χ1v) is 4.98. The minimum absolute atomic E-state index is 0.476. The fourth-order valence-electron chi connectivity index (χ4n) is 1.64. The molecular formula is C11H11FN4. The van der Waals surface area contributed by atoms with Crippen LogP contribution in [-0.2, 0) is 6.54 Å². The predicted molar refractivity (Wildman–Crippen MR) is 56.3 cm³/mol. The molecule has 0 aliphatic carbocycles. The lowest BCUT2D eigenvalue weighted by atomic mass is 10.2. The van der Waals surface area contributed by atoms with E-state index < -0.39 is 5.95 Å². The van der Waals surface area contributed by atoms with Crippen molar-refractivity contribution in [2.24, 2.45) is 0 Å². The maximum absolute atomic E-state index is 12.6. The Hall–Kier alpha value is -2.09. The highest BCUT2D eigenvalue weighted by molar-refractivity contribution is 5.17. The molecule has 1 aromatic heterocycles. The molecule has 0 atom stereocenters. The minimum atomic E-state index is -0.476. The molecule has 16 heavy (non-hydrogen) atoms. The van der Waals surface area contributed by atoms with Gasteiger partial charge in [0.15, 0.2) is 0 Å². The van der Waals surface area contributed by atoms with Crippen molar-refractivity contribution in [3.63, 3.8) is 0 Å². The summed E-state index contributed by atoms with van der Waals surface area (Å²) in [6.45, 7) is 2.29. The molecule has 1 fully saturated rings. The lowest BCUT2D eigenvalue weighted by Crippen LogP contribution is -2.19. The number of aromatic nitrogens is 1. The van der Waals surface area contributed by atoms with Crippen LogP contribution in [0.5, 0.6) is 0 Å². The fourth-order valence-corrected chi connectivity index (χ4v) is 1.64. The number of pyridine rings is 1. The summed E-state index contributed by atoms with van der Waals surface area (Å²) in [5.74, 6) is 0.336. The van der Waals surface area contributed by atoms with E-state index in [9.17, 15) is 4.39 Å². The Labute approximate surface area is 93.0 Å². The first-order valence-electron chi connectivity index (χ1n) is 4.98. The van der Waals surface area contributed by atoms with Gasteiger partial charge in [-0.25, -0.2) is 4.98 Å². The van der Waals surface area contributed by atoms with Crippen LogP contribution in [0.1, 0.15) is 5.56 Å². The molecule has 1 saturated heterocycles. The van der Waals surface area contributed by atoms with Gasteiger partial charge in [0.05, 0.1) is 12.1 Å². The van der Waals surface area contributed by atoms with E-state index in [1.165, 1.54) is 18.3 Å². The molecule has 4 nitrogen and oxygen atoms in total. The van der Waals surface area contributed by atoms with Gasteiger partial charge < -0.3 is 10.2 Å². The Morgan fingerprint density at radius 3 is 3.19 bits per heavy atom. The average Bonchev–Trinajstić information content (AvgIpc) is 2.70. The molecule has 0 saturated carbocycles. The second-order valence-electron chi connectivity index (χ2n) is 3.50. The quantitative estimate of drug-likeness (QED) is 0.594. The highest BCUT2D eigenvalue weighted by Gasteiger charge is 2.16. The molecule has 2 rings (SSSR count). The van der Waals surface area contributed by atoms with Gasteiger partial charge in [0.25, 0.3) is 0 Å². The van der Waals surface area contributed by atoms with Crippen LogP contribution in [0.2, 0.25) is 0 Å². The molecule has 0 spiro atoms. The lowest BCUT2D eigenvalue weighted by Gasteiger charge is -2.17. The van der Waals surface area contributed by atoms with Crippen molar-refractivity contribution in [3.8, 4) is 6.07 Å². The number of nitrogens with zero attached hydrogens (tertiary/aromatic N) is 3. The Balaban J connectivity index is 2.07. The van der Waals surface area contributed by atoms with Gasteiger partial charge in [-0.15, -0.1) is 0 Å². The highest BCUT2D eigenvalue weighted by atomic mass is 19.1. The third kappa shape index (κ3) is 2.28. The van der Waals surface area contributed by atoms with Crippen LogP contribution in [0.15, 0.2) is 30.2 Å². The Morgan fingerprint density at radius 1 is 1.62 bits per heavy atom. The summed E-state index contributed by atoms with van der Waals surface area (Å²) in [5, 5.41) is 11.7. The molecule has 0 bridgehead atoms. The van der Waals surface area contributed by atoms with E-state index >= 15 is 0 Å². The third-order valence-corrected chi connectivity index (χ3v) is 2.39. The van der Waals surface area contributed by atoms with Gasteiger partial charge in [-0.2, -0.15) is 9.65 Å². The van der Waals surface area contributed by atoms with Crippen molar-refractivity contribution in [2.45, 2.75) is 6.54 Å². The Kier molecular flexibility index (Phi) is 3.01. The van der Waals surface area contributed by atoms with Crippen LogP contribution in [0, 0.1) is 17.3 Å². The molecule has 1 N–H and O–H groups in total. The van der Waals surface area contributed by atoms with E-state index in [1.807, 2.05) is 11.0 Å². The lowest BCUT2D eigenvalue weighted by molar-refractivity contribution is 0.387. The summed E-state index contributed by atoms with van der Waals surface area (Å²) in [5.41, 5.74) is 0.925. The molecule has 0 unspecified atom stereocenters. The predicted octanol–water partition coefficient (Wildman–Crippen LogP) is 0.991. The zero-order chi connectivity index (χ0) is 11.4. The van der Waals surface area contributed by atoms with Gasteiger partial charge in [0.2, 0.25) is 5.95 Å². The van der Waals surface area contributed by atoms with Gasteiger partial charge in [-0.3, -0.25) is 0 Å². The first kappa shape index (κ1) is 10.4. The van der Waals surface area contributed by atoms with Crippen LogP contribution in [0.3, 0.4) is 0 Å². The number of rotatable bonds is 2. The maximum atomic E-state index is 12.6. The first-order chi connectivity index (χ1) is 7.79. The van der Waals surface area contributed by atoms with Crippen LogP contribution < -0.4 is 5.32 Å². The van der Waals surface area contributed by atoms with Crippen molar-refractivity contribution < 1.29 is 4.39 Å². The summed E-state index contributed by atoms with van der Waals surface area (Å²) in [6, 6.07) is 5.03. The molecule has 0 radical (unpaired) electrons. The highest BCUT2D eigenvalue weighted by Crippen LogP contribution is 2.12. The molecule has 5 heteroatoms. The van der Waals surface area contributed by atoms with Gasteiger partial charge in [-0.1, -0.05) is 6.07 Å². The van der Waals surface area contributed by atoms with Crippen molar-refractivity contribution >= 4 is 0 Å². The number of halogens is 1. The summed E-state index contributed by atoms with van der Waals surface area (Å²) in [7, 11) is 0. The maximum Gasteiger partial charge on any atom is 0.212 e. The number of nitrogens with one attached hydrogen (secondary N) is 1. The SMILES string of the molecule is N#CC=C1NCCN1Cc1ccc(F)nc1. The molecule has 1 aliphatic heterocycles. The Morgan fingerprint density at radius 2 is 2.50 bits per heavy atom. The molecular weight excluding hydrogens is 207 g/mol. The monoisotopic (exact) mass is 218 g/mol. The molecule has 82 valence electrons. The summed E-state index contributed by atoms with van der Waals surface area (Å²) < 4.78 is 12.6. The van der Waals surface area contributed by atoms with E-state index in [0.29, 0.717) is 6.54 Å². The second-order valence-corrected chi connectivity index (χ2v) is 3.50. The minimum Gasteiger partial charge on any atom is -0.369 e. The largest absolute Gasteiger partial charge is 0.369 e.